The number of hydrogen-bond acceptors (Lipinski definition) is 4. The van der Waals surface area contributed by atoms with Gasteiger partial charge in [-0.1, -0.05) is 19.3 Å². The first-order valence-electron chi connectivity index (χ1n) is 8.58. The third-order valence-corrected chi connectivity index (χ3v) is 5.00. The lowest BCUT2D eigenvalue weighted by Gasteiger charge is -2.24. The van der Waals surface area contributed by atoms with Crippen LogP contribution in [0.15, 0.2) is 0 Å². The fourth-order valence-corrected chi connectivity index (χ4v) is 3.57. The van der Waals surface area contributed by atoms with E-state index in [1.54, 1.807) is 0 Å². The first-order valence-corrected chi connectivity index (χ1v) is 8.58. The molecule has 2 atom stereocenters. The highest BCUT2D eigenvalue weighted by Gasteiger charge is 2.34. The number of aliphatic hydroxyl groups is 1. The van der Waals surface area contributed by atoms with E-state index in [-0.39, 0.29) is 6.10 Å². The van der Waals surface area contributed by atoms with Crippen LogP contribution in [-0.2, 0) is 4.74 Å². The zero-order chi connectivity index (χ0) is 13.8. The zero-order valence-corrected chi connectivity index (χ0v) is 12.6. The fraction of sp³-hybridized carbons (Fsp3) is 1.00. The topological polar surface area (TPSA) is 44.7 Å². The third kappa shape index (κ3) is 4.42. The summed E-state index contributed by atoms with van der Waals surface area (Å²) in [6.45, 7) is 3.57. The minimum Gasteiger partial charge on any atom is -0.389 e. The van der Waals surface area contributed by atoms with E-state index < -0.39 is 0 Å². The summed E-state index contributed by atoms with van der Waals surface area (Å²) < 4.78 is 5.83. The number of hydrogen-bond donors (Lipinski definition) is 2. The molecule has 0 spiro atoms. The van der Waals surface area contributed by atoms with Crippen molar-refractivity contribution in [1.29, 1.82) is 0 Å². The lowest BCUT2D eigenvalue weighted by molar-refractivity contribution is -0.0235. The lowest BCUT2D eigenvalue weighted by atomic mass is 9.98. The minimum absolute atomic E-state index is 0.355. The molecule has 0 aromatic heterocycles. The van der Waals surface area contributed by atoms with E-state index in [1.807, 2.05) is 0 Å². The van der Waals surface area contributed by atoms with Gasteiger partial charge in [0.2, 0.25) is 0 Å². The Balaban J connectivity index is 1.26. The van der Waals surface area contributed by atoms with Crippen LogP contribution in [0.5, 0.6) is 0 Å². The summed E-state index contributed by atoms with van der Waals surface area (Å²) >= 11 is 0. The molecule has 3 fully saturated rings. The summed E-state index contributed by atoms with van der Waals surface area (Å²) in [6.07, 6.45) is 10.3. The van der Waals surface area contributed by atoms with E-state index in [9.17, 15) is 5.11 Å². The van der Waals surface area contributed by atoms with Crippen LogP contribution in [0.3, 0.4) is 0 Å². The molecule has 3 rings (SSSR count). The second-order valence-electron chi connectivity index (χ2n) is 6.87. The van der Waals surface area contributed by atoms with Gasteiger partial charge >= 0.3 is 0 Å². The molecule has 116 valence electrons. The van der Waals surface area contributed by atoms with Crippen LogP contribution in [0.4, 0.5) is 0 Å². The van der Waals surface area contributed by atoms with Crippen LogP contribution in [-0.4, -0.2) is 60.5 Å². The molecule has 1 heterocycles. The molecule has 2 unspecified atom stereocenters. The number of aliphatic hydroxyl groups excluding tert-OH is 1. The average molecular weight is 282 g/mol. The summed E-state index contributed by atoms with van der Waals surface area (Å²) in [5.74, 6) is 0. The summed E-state index contributed by atoms with van der Waals surface area (Å²) in [4.78, 5) is 2.60. The van der Waals surface area contributed by atoms with Gasteiger partial charge in [-0.2, -0.15) is 0 Å². The van der Waals surface area contributed by atoms with Gasteiger partial charge in [0.05, 0.1) is 18.8 Å². The number of rotatable bonds is 7. The van der Waals surface area contributed by atoms with E-state index in [0.29, 0.717) is 25.3 Å². The Morgan fingerprint density at radius 1 is 1.10 bits per heavy atom. The highest BCUT2D eigenvalue weighted by atomic mass is 16.5. The fourth-order valence-electron chi connectivity index (χ4n) is 3.57. The maximum atomic E-state index is 10.0. The van der Waals surface area contributed by atoms with Gasteiger partial charge in [-0.3, -0.25) is 4.90 Å². The standard InChI is InChI=1S/C16H30N2O2/c19-15(12-20-16-4-2-1-3-5-16)10-17-13-8-9-18(11-13)14-6-7-14/h13-17,19H,1-12H2. The number of nitrogens with one attached hydrogen (secondary N) is 1. The molecule has 0 aromatic rings. The SMILES string of the molecule is OC(CNC1CCN(C2CC2)C1)COC1CCCCC1. The smallest absolute Gasteiger partial charge is 0.0897 e. The molecule has 1 saturated heterocycles. The Bertz CT molecular complexity index is 290. The van der Waals surface area contributed by atoms with Crippen LogP contribution < -0.4 is 5.32 Å². The monoisotopic (exact) mass is 282 g/mol. The Labute approximate surface area is 122 Å². The second kappa shape index (κ2) is 7.21. The van der Waals surface area contributed by atoms with E-state index in [4.69, 9.17) is 4.74 Å². The van der Waals surface area contributed by atoms with Crippen molar-refractivity contribution in [3.63, 3.8) is 0 Å². The van der Waals surface area contributed by atoms with Crippen LogP contribution in [0.25, 0.3) is 0 Å². The van der Waals surface area contributed by atoms with Crippen LogP contribution in [0.1, 0.15) is 51.4 Å². The molecule has 4 nitrogen and oxygen atoms in total. The summed E-state index contributed by atoms with van der Waals surface area (Å²) in [6, 6.07) is 1.45. The highest BCUT2D eigenvalue weighted by molar-refractivity contribution is 4.92. The van der Waals surface area contributed by atoms with Crippen LogP contribution in [0, 0.1) is 0 Å². The molecule has 1 aliphatic heterocycles. The predicted octanol–water partition coefficient (Wildman–Crippen LogP) is 1.52. The summed E-state index contributed by atoms with van der Waals surface area (Å²) in [5.41, 5.74) is 0. The Morgan fingerprint density at radius 2 is 1.90 bits per heavy atom. The summed E-state index contributed by atoms with van der Waals surface area (Å²) in [7, 11) is 0. The minimum atomic E-state index is -0.355. The lowest BCUT2D eigenvalue weighted by Crippen LogP contribution is -2.40. The molecule has 2 N–H and O–H groups in total. The molecular formula is C16H30N2O2. The van der Waals surface area contributed by atoms with Crippen molar-refractivity contribution in [2.75, 3.05) is 26.2 Å². The normalized spacial score (nSPS) is 30.8. The van der Waals surface area contributed by atoms with Crippen molar-refractivity contribution in [2.24, 2.45) is 0 Å². The maximum Gasteiger partial charge on any atom is 0.0897 e. The molecule has 0 amide bonds. The molecule has 20 heavy (non-hydrogen) atoms. The van der Waals surface area contributed by atoms with Gasteiger partial charge in [0, 0.05) is 31.7 Å². The third-order valence-electron chi connectivity index (χ3n) is 5.00. The van der Waals surface area contributed by atoms with Gasteiger partial charge in [-0.05, 0) is 32.1 Å². The van der Waals surface area contributed by atoms with Crippen LogP contribution in [0.2, 0.25) is 0 Å². The largest absolute Gasteiger partial charge is 0.389 e. The quantitative estimate of drug-likeness (QED) is 0.743. The van der Waals surface area contributed by atoms with E-state index >= 15 is 0 Å². The first kappa shape index (κ1) is 14.8. The molecule has 4 heteroatoms. The van der Waals surface area contributed by atoms with Crippen molar-refractivity contribution in [3.8, 4) is 0 Å². The van der Waals surface area contributed by atoms with Crippen molar-refractivity contribution in [2.45, 2.75) is 75.7 Å². The molecule has 2 aliphatic carbocycles. The molecule has 0 bridgehead atoms. The Hall–Kier alpha value is -0.160. The molecular weight excluding hydrogens is 252 g/mol. The van der Waals surface area contributed by atoms with Gasteiger partial charge in [-0.15, -0.1) is 0 Å². The second-order valence-corrected chi connectivity index (χ2v) is 6.87. The number of nitrogens with zero attached hydrogens (tertiary/aromatic N) is 1. The average Bonchev–Trinajstić information content (AvgIpc) is 3.23. The Kier molecular flexibility index (Phi) is 5.32. The van der Waals surface area contributed by atoms with Gasteiger partial charge in [0.25, 0.3) is 0 Å². The Morgan fingerprint density at radius 3 is 2.65 bits per heavy atom. The number of ether oxygens (including phenoxy) is 1. The molecule has 2 saturated carbocycles. The van der Waals surface area contributed by atoms with E-state index in [0.717, 1.165) is 6.04 Å². The molecule has 3 aliphatic rings. The van der Waals surface area contributed by atoms with Gasteiger partial charge in [-0.25, -0.2) is 0 Å². The zero-order valence-electron chi connectivity index (χ0n) is 12.6. The van der Waals surface area contributed by atoms with Gasteiger partial charge in [0.1, 0.15) is 0 Å². The number of likely N-dealkylation sites (tertiary alicyclic amines) is 1. The van der Waals surface area contributed by atoms with Crippen molar-refractivity contribution in [3.05, 3.63) is 0 Å². The summed E-state index contributed by atoms with van der Waals surface area (Å²) in [5, 5.41) is 13.5. The molecule has 0 radical (unpaired) electrons. The first-order chi connectivity index (χ1) is 9.81. The maximum absolute atomic E-state index is 10.0. The van der Waals surface area contributed by atoms with E-state index in [2.05, 4.69) is 10.2 Å². The van der Waals surface area contributed by atoms with Gasteiger partial charge < -0.3 is 15.2 Å². The van der Waals surface area contributed by atoms with E-state index in [1.165, 1.54) is 64.5 Å². The van der Waals surface area contributed by atoms with Crippen molar-refractivity contribution < 1.29 is 9.84 Å². The van der Waals surface area contributed by atoms with Crippen LogP contribution >= 0.6 is 0 Å². The van der Waals surface area contributed by atoms with Crippen molar-refractivity contribution >= 4 is 0 Å². The molecule has 0 aromatic carbocycles. The van der Waals surface area contributed by atoms with Gasteiger partial charge in [0.15, 0.2) is 0 Å². The van der Waals surface area contributed by atoms with Crippen molar-refractivity contribution in [1.82, 2.24) is 10.2 Å². The highest BCUT2D eigenvalue weighted by Crippen LogP contribution is 2.29. The predicted molar refractivity (Wildman–Crippen MR) is 79.8 cm³/mol.